The quantitative estimate of drug-likeness (QED) is 0.381. The van der Waals surface area contributed by atoms with Crippen LogP contribution in [0.3, 0.4) is 0 Å². The highest BCUT2D eigenvalue weighted by Crippen LogP contribution is 2.24. The van der Waals surface area contributed by atoms with Gasteiger partial charge in [-0.1, -0.05) is 26.0 Å². The second-order valence-electron chi connectivity index (χ2n) is 9.39. The fourth-order valence-corrected chi connectivity index (χ4v) is 3.32. The molecule has 180 valence electrons. The smallest absolute Gasteiger partial charge is 0.408 e. The molecule has 8 heteroatoms. The highest BCUT2D eigenvalue weighted by Gasteiger charge is 2.27. The monoisotopic (exact) mass is 469 g/mol. The summed E-state index contributed by atoms with van der Waals surface area (Å²) in [6.45, 7) is 9.02. The average molecular weight is 470 g/mol. The van der Waals surface area contributed by atoms with Crippen molar-refractivity contribution in [3.63, 3.8) is 0 Å². The first kappa shape index (κ1) is 25.0. The number of esters is 1. The molecule has 0 saturated heterocycles. The number of alkyl carbamates (subject to hydrolysis) is 1. The van der Waals surface area contributed by atoms with Crippen molar-refractivity contribution in [1.82, 2.24) is 5.32 Å². The van der Waals surface area contributed by atoms with Gasteiger partial charge in [-0.3, -0.25) is 4.79 Å². The SMILES string of the molecule is CC(C)C[C@H](NC(=O)OC(C)(C)C)C(=O)Oc1ccc2c(=O)c(-c3ccc(F)cc3)coc2c1. The van der Waals surface area contributed by atoms with Crippen molar-refractivity contribution < 1.29 is 27.9 Å². The minimum Gasteiger partial charge on any atom is -0.463 e. The van der Waals surface area contributed by atoms with Crippen LogP contribution in [0.4, 0.5) is 9.18 Å². The molecular weight excluding hydrogens is 441 g/mol. The molecule has 1 aromatic heterocycles. The minimum atomic E-state index is -0.918. The number of carbonyl (C=O) groups is 2. The Hall–Kier alpha value is -3.68. The summed E-state index contributed by atoms with van der Waals surface area (Å²) in [6, 6.07) is 9.01. The van der Waals surface area contributed by atoms with Gasteiger partial charge in [0.05, 0.1) is 10.9 Å². The fourth-order valence-electron chi connectivity index (χ4n) is 3.32. The lowest BCUT2D eigenvalue weighted by Crippen LogP contribution is -2.45. The van der Waals surface area contributed by atoms with Gasteiger partial charge >= 0.3 is 12.1 Å². The van der Waals surface area contributed by atoms with Crippen molar-refractivity contribution in [3.05, 3.63) is 64.8 Å². The number of amides is 1. The molecular formula is C26H28FNO6. The summed E-state index contributed by atoms with van der Waals surface area (Å²) in [7, 11) is 0. The summed E-state index contributed by atoms with van der Waals surface area (Å²) in [6.07, 6.45) is 0.921. The van der Waals surface area contributed by atoms with E-state index in [1.165, 1.54) is 48.7 Å². The molecule has 1 N–H and O–H groups in total. The van der Waals surface area contributed by atoms with Gasteiger partial charge in [-0.05, 0) is 62.9 Å². The number of rotatable bonds is 6. The molecule has 0 aliphatic carbocycles. The molecule has 0 fully saturated rings. The second kappa shape index (κ2) is 10.1. The van der Waals surface area contributed by atoms with Crippen molar-refractivity contribution in [1.29, 1.82) is 0 Å². The van der Waals surface area contributed by atoms with Crippen LogP contribution in [0.2, 0.25) is 0 Å². The van der Waals surface area contributed by atoms with Crippen LogP contribution in [0, 0.1) is 11.7 Å². The largest absolute Gasteiger partial charge is 0.463 e. The van der Waals surface area contributed by atoms with E-state index in [9.17, 15) is 18.8 Å². The Morgan fingerprint density at radius 1 is 1.09 bits per heavy atom. The molecule has 0 aliphatic heterocycles. The van der Waals surface area contributed by atoms with Crippen LogP contribution in [0.25, 0.3) is 22.1 Å². The Morgan fingerprint density at radius 3 is 2.38 bits per heavy atom. The highest BCUT2D eigenvalue weighted by molar-refractivity contribution is 5.86. The summed E-state index contributed by atoms with van der Waals surface area (Å²) in [5.41, 5.74) is 0.0312. The molecule has 1 amide bonds. The third kappa shape index (κ3) is 6.43. The predicted molar refractivity (Wildman–Crippen MR) is 126 cm³/mol. The minimum absolute atomic E-state index is 0.104. The summed E-state index contributed by atoms with van der Waals surface area (Å²) in [5, 5.41) is 2.85. The topological polar surface area (TPSA) is 94.8 Å². The number of carbonyl (C=O) groups excluding carboxylic acids is 2. The van der Waals surface area contributed by atoms with Gasteiger partial charge in [0.2, 0.25) is 0 Å². The van der Waals surface area contributed by atoms with Crippen molar-refractivity contribution in [2.75, 3.05) is 0 Å². The fraction of sp³-hybridized carbons (Fsp3) is 0.346. The summed E-state index contributed by atoms with van der Waals surface area (Å²) in [5.74, 6) is -0.802. The van der Waals surface area contributed by atoms with Crippen LogP contribution >= 0.6 is 0 Å². The number of hydrogen-bond acceptors (Lipinski definition) is 6. The second-order valence-corrected chi connectivity index (χ2v) is 9.39. The first-order chi connectivity index (χ1) is 15.9. The first-order valence-corrected chi connectivity index (χ1v) is 11.0. The average Bonchev–Trinajstić information content (AvgIpc) is 2.72. The molecule has 3 rings (SSSR count). The maximum absolute atomic E-state index is 13.2. The Labute approximate surface area is 196 Å². The number of benzene rings is 2. The predicted octanol–water partition coefficient (Wildman–Crippen LogP) is 5.44. The number of ether oxygens (including phenoxy) is 2. The zero-order valence-corrected chi connectivity index (χ0v) is 19.8. The number of hydrogen-bond donors (Lipinski definition) is 1. The zero-order chi connectivity index (χ0) is 25.0. The van der Waals surface area contributed by atoms with Gasteiger partial charge in [-0.25, -0.2) is 14.0 Å². The molecule has 0 bridgehead atoms. The Morgan fingerprint density at radius 2 is 1.76 bits per heavy atom. The normalized spacial score (nSPS) is 12.4. The molecule has 0 saturated carbocycles. The number of halogens is 1. The van der Waals surface area contributed by atoms with Crippen LogP contribution in [0.1, 0.15) is 41.0 Å². The highest BCUT2D eigenvalue weighted by atomic mass is 19.1. The van der Waals surface area contributed by atoms with Gasteiger partial charge in [-0.15, -0.1) is 0 Å². The van der Waals surface area contributed by atoms with Gasteiger partial charge in [-0.2, -0.15) is 0 Å². The van der Waals surface area contributed by atoms with Gasteiger partial charge < -0.3 is 19.2 Å². The van der Waals surface area contributed by atoms with Crippen molar-refractivity contribution in [2.45, 2.75) is 52.7 Å². The molecule has 0 aliphatic rings. The Balaban J connectivity index is 1.81. The zero-order valence-electron chi connectivity index (χ0n) is 19.8. The molecule has 7 nitrogen and oxygen atoms in total. The van der Waals surface area contributed by atoms with Crippen molar-refractivity contribution >= 4 is 23.0 Å². The van der Waals surface area contributed by atoms with Crippen LogP contribution in [-0.2, 0) is 9.53 Å². The number of fused-ring (bicyclic) bond motifs is 1. The standard InChI is InChI=1S/C26H28FNO6/c1-15(2)12-21(28-25(31)34-26(3,4)5)24(30)33-18-10-11-19-22(13-18)32-14-20(23(19)29)16-6-8-17(27)9-7-16/h6-11,13-15,21H,12H2,1-5H3,(H,28,31)/t21-/m0/s1. The molecule has 0 unspecified atom stereocenters. The van der Waals surface area contributed by atoms with Gasteiger partial charge in [0.15, 0.2) is 5.43 Å². The maximum Gasteiger partial charge on any atom is 0.408 e. The summed E-state index contributed by atoms with van der Waals surface area (Å²) < 4.78 is 29.5. The molecule has 3 aromatic rings. The third-order valence-corrected chi connectivity index (χ3v) is 4.80. The van der Waals surface area contributed by atoms with E-state index in [0.29, 0.717) is 12.0 Å². The molecule has 0 spiro atoms. The van der Waals surface area contributed by atoms with E-state index < -0.39 is 29.5 Å². The van der Waals surface area contributed by atoms with Gasteiger partial charge in [0.1, 0.15) is 35.1 Å². The van der Waals surface area contributed by atoms with Crippen molar-refractivity contribution in [3.8, 4) is 16.9 Å². The lowest BCUT2D eigenvalue weighted by molar-refractivity contribution is -0.137. The first-order valence-electron chi connectivity index (χ1n) is 11.0. The lowest BCUT2D eigenvalue weighted by atomic mass is 10.0. The van der Waals surface area contributed by atoms with E-state index in [0.717, 1.165) is 0 Å². The molecule has 2 aromatic carbocycles. The van der Waals surface area contributed by atoms with E-state index in [4.69, 9.17) is 13.9 Å². The number of nitrogens with one attached hydrogen (secondary N) is 1. The van der Waals surface area contributed by atoms with E-state index in [2.05, 4.69) is 5.32 Å². The van der Waals surface area contributed by atoms with E-state index >= 15 is 0 Å². The lowest BCUT2D eigenvalue weighted by Gasteiger charge is -2.23. The van der Waals surface area contributed by atoms with E-state index in [1.807, 2.05) is 13.8 Å². The Kier molecular flexibility index (Phi) is 7.39. The van der Waals surface area contributed by atoms with Crippen LogP contribution < -0.4 is 15.5 Å². The molecule has 34 heavy (non-hydrogen) atoms. The van der Waals surface area contributed by atoms with E-state index in [1.54, 1.807) is 20.8 Å². The maximum atomic E-state index is 13.2. The molecule has 1 heterocycles. The van der Waals surface area contributed by atoms with Crippen LogP contribution in [0.15, 0.2) is 57.9 Å². The van der Waals surface area contributed by atoms with Crippen LogP contribution in [-0.4, -0.2) is 23.7 Å². The summed E-state index contributed by atoms with van der Waals surface area (Å²) >= 11 is 0. The van der Waals surface area contributed by atoms with Crippen molar-refractivity contribution in [2.24, 2.45) is 5.92 Å². The third-order valence-electron chi connectivity index (χ3n) is 4.80. The molecule has 1 atom stereocenters. The Bertz CT molecular complexity index is 1240. The summed E-state index contributed by atoms with van der Waals surface area (Å²) in [4.78, 5) is 37.9. The van der Waals surface area contributed by atoms with Gasteiger partial charge in [0.25, 0.3) is 0 Å². The van der Waals surface area contributed by atoms with Crippen LogP contribution in [0.5, 0.6) is 5.75 Å². The molecule has 0 radical (unpaired) electrons. The van der Waals surface area contributed by atoms with Gasteiger partial charge in [0, 0.05) is 6.07 Å². The van der Waals surface area contributed by atoms with E-state index in [-0.39, 0.29) is 33.6 Å².